The molecule has 4 aliphatic carbocycles. The van der Waals surface area contributed by atoms with E-state index >= 15 is 0 Å². The number of fused-ring (bicyclic) bond motifs is 3. The van der Waals surface area contributed by atoms with Crippen LogP contribution >= 0.6 is 0 Å². The lowest BCUT2D eigenvalue weighted by Gasteiger charge is -2.39. The Labute approximate surface area is 78.8 Å². The second-order valence-electron chi connectivity index (χ2n) is 5.55. The van der Waals surface area contributed by atoms with Crippen molar-refractivity contribution in [3.8, 4) is 0 Å². The van der Waals surface area contributed by atoms with Crippen molar-refractivity contribution in [1.82, 2.24) is 0 Å². The molecule has 6 atom stereocenters. The lowest BCUT2D eigenvalue weighted by molar-refractivity contribution is 0.0160. The monoisotopic (exact) mass is 176 g/mol. The molecule has 0 bridgehead atoms. The molecule has 0 heterocycles. The lowest BCUT2D eigenvalue weighted by atomic mass is 9.68. The van der Waals surface area contributed by atoms with Crippen molar-refractivity contribution < 1.29 is 5.11 Å². The van der Waals surface area contributed by atoms with Gasteiger partial charge in [-0.2, -0.15) is 0 Å². The van der Waals surface area contributed by atoms with Gasteiger partial charge < -0.3 is 5.11 Å². The minimum Gasteiger partial charge on any atom is -0.393 e. The Morgan fingerprint density at radius 1 is 1.31 bits per heavy atom. The zero-order valence-electron chi connectivity index (χ0n) is 7.82. The Hall–Kier alpha value is -0.300. The van der Waals surface area contributed by atoms with Crippen LogP contribution in [0.4, 0.5) is 0 Å². The van der Waals surface area contributed by atoms with Crippen LogP contribution in [-0.2, 0) is 0 Å². The lowest BCUT2D eigenvalue weighted by Crippen LogP contribution is -2.37. The highest BCUT2D eigenvalue weighted by atomic mass is 16.3. The van der Waals surface area contributed by atoms with E-state index in [1.165, 1.54) is 19.3 Å². The summed E-state index contributed by atoms with van der Waals surface area (Å²) in [6.07, 6.45) is 10.0. The molecule has 1 nitrogen and oxygen atoms in total. The molecule has 0 amide bonds. The van der Waals surface area contributed by atoms with E-state index in [0.717, 1.165) is 24.2 Å². The highest BCUT2D eigenvalue weighted by molar-refractivity contribution is 5.36. The minimum absolute atomic E-state index is 0.0263. The molecule has 1 heteroatoms. The third kappa shape index (κ3) is 0.604. The molecule has 70 valence electrons. The number of allylic oxidation sites excluding steroid dienone is 2. The molecule has 0 aromatic heterocycles. The van der Waals surface area contributed by atoms with Gasteiger partial charge in [0.25, 0.3) is 0 Å². The van der Waals surface area contributed by atoms with E-state index in [1.807, 2.05) is 0 Å². The van der Waals surface area contributed by atoms with Crippen LogP contribution in [0.3, 0.4) is 0 Å². The Morgan fingerprint density at radius 2 is 2.23 bits per heavy atom. The van der Waals surface area contributed by atoms with Gasteiger partial charge in [-0.1, -0.05) is 18.6 Å². The second-order valence-corrected chi connectivity index (χ2v) is 5.55. The maximum Gasteiger partial charge on any atom is 0.0577 e. The first-order valence-corrected chi connectivity index (χ1v) is 5.70. The summed E-state index contributed by atoms with van der Waals surface area (Å²) in [4.78, 5) is 0. The van der Waals surface area contributed by atoms with Crippen LogP contribution in [0.2, 0.25) is 0 Å². The summed E-state index contributed by atoms with van der Waals surface area (Å²) in [5.74, 6) is 3.28. The standard InChI is InChI=1S/C12H16O/c13-10-3-1-2-7-9-6-12(9)5-4-8(12)11(7)10/h4-5,7-11,13H,1-3,6H2. The van der Waals surface area contributed by atoms with Crippen LogP contribution < -0.4 is 0 Å². The van der Waals surface area contributed by atoms with Gasteiger partial charge in [-0.15, -0.1) is 0 Å². The number of aliphatic hydroxyl groups excluding tert-OH is 1. The van der Waals surface area contributed by atoms with Gasteiger partial charge in [0.2, 0.25) is 0 Å². The van der Waals surface area contributed by atoms with E-state index in [-0.39, 0.29) is 6.10 Å². The Balaban J connectivity index is 1.75. The average molecular weight is 176 g/mol. The third-order valence-corrected chi connectivity index (χ3v) is 5.25. The maximum absolute atomic E-state index is 10.0. The number of aliphatic hydroxyl groups is 1. The summed E-state index contributed by atoms with van der Waals surface area (Å²) in [6, 6.07) is 0. The molecule has 6 unspecified atom stereocenters. The number of hydrogen-bond acceptors (Lipinski definition) is 1. The average Bonchev–Trinajstić information content (AvgIpc) is 2.79. The molecule has 0 saturated heterocycles. The van der Waals surface area contributed by atoms with Crippen molar-refractivity contribution in [2.24, 2.45) is 29.1 Å². The quantitative estimate of drug-likeness (QED) is 0.559. The second kappa shape index (κ2) is 1.88. The van der Waals surface area contributed by atoms with Crippen molar-refractivity contribution >= 4 is 0 Å². The molecule has 4 rings (SSSR count). The van der Waals surface area contributed by atoms with Gasteiger partial charge in [0.1, 0.15) is 0 Å². The van der Waals surface area contributed by atoms with E-state index in [2.05, 4.69) is 12.2 Å². The molecular weight excluding hydrogens is 160 g/mol. The van der Waals surface area contributed by atoms with Crippen LogP contribution in [-0.4, -0.2) is 11.2 Å². The zero-order chi connectivity index (χ0) is 8.63. The predicted molar refractivity (Wildman–Crippen MR) is 50.0 cm³/mol. The minimum atomic E-state index is 0.0263. The molecule has 1 spiro atoms. The fourth-order valence-corrected chi connectivity index (χ4v) is 4.60. The Kier molecular flexibility index (Phi) is 1.02. The van der Waals surface area contributed by atoms with Crippen molar-refractivity contribution in [3.63, 3.8) is 0 Å². The highest BCUT2D eigenvalue weighted by Crippen LogP contribution is 2.77. The SMILES string of the molecule is OC1CCCC2C1C1C=CC13CC23. The molecule has 0 aromatic carbocycles. The van der Waals surface area contributed by atoms with Crippen LogP contribution in [0.5, 0.6) is 0 Å². The molecule has 4 aliphatic rings. The largest absolute Gasteiger partial charge is 0.393 e. The number of hydrogen-bond donors (Lipinski definition) is 1. The van der Waals surface area contributed by atoms with Gasteiger partial charge in [-0.05, 0) is 48.3 Å². The fourth-order valence-electron chi connectivity index (χ4n) is 4.60. The van der Waals surface area contributed by atoms with Crippen molar-refractivity contribution in [1.29, 1.82) is 0 Å². The van der Waals surface area contributed by atoms with E-state index in [0.29, 0.717) is 11.3 Å². The first-order chi connectivity index (χ1) is 6.33. The Bertz CT molecular complexity index is 295. The van der Waals surface area contributed by atoms with Crippen LogP contribution in [0.1, 0.15) is 25.7 Å². The predicted octanol–water partition coefficient (Wildman–Crippen LogP) is 1.97. The van der Waals surface area contributed by atoms with Gasteiger partial charge in [0.15, 0.2) is 0 Å². The molecule has 3 saturated carbocycles. The van der Waals surface area contributed by atoms with E-state index < -0.39 is 0 Å². The first-order valence-electron chi connectivity index (χ1n) is 5.70. The summed E-state index contributed by atoms with van der Waals surface area (Å²) in [5.41, 5.74) is 0.626. The molecule has 0 aliphatic heterocycles. The molecule has 3 fully saturated rings. The van der Waals surface area contributed by atoms with Crippen molar-refractivity contribution in [2.75, 3.05) is 0 Å². The van der Waals surface area contributed by atoms with E-state index in [4.69, 9.17) is 0 Å². The number of rotatable bonds is 0. The van der Waals surface area contributed by atoms with Gasteiger partial charge >= 0.3 is 0 Å². The van der Waals surface area contributed by atoms with Gasteiger partial charge in [0.05, 0.1) is 6.10 Å². The molecule has 1 N–H and O–H groups in total. The topological polar surface area (TPSA) is 20.2 Å². The van der Waals surface area contributed by atoms with Gasteiger partial charge in [0, 0.05) is 0 Å². The summed E-state index contributed by atoms with van der Waals surface area (Å²) >= 11 is 0. The maximum atomic E-state index is 10.0. The fraction of sp³-hybridized carbons (Fsp3) is 0.833. The molecular formula is C12H16O. The summed E-state index contributed by atoms with van der Waals surface area (Å²) < 4.78 is 0. The van der Waals surface area contributed by atoms with Crippen LogP contribution in [0, 0.1) is 29.1 Å². The van der Waals surface area contributed by atoms with E-state index in [1.54, 1.807) is 0 Å². The van der Waals surface area contributed by atoms with E-state index in [9.17, 15) is 5.11 Å². The van der Waals surface area contributed by atoms with Crippen molar-refractivity contribution in [2.45, 2.75) is 31.8 Å². The first kappa shape index (κ1) is 7.05. The smallest absolute Gasteiger partial charge is 0.0577 e. The molecule has 0 radical (unpaired) electrons. The van der Waals surface area contributed by atoms with Gasteiger partial charge in [-0.25, -0.2) is 0 Å². The summed E-state index contributed by atoms with van der Waals surface area (Å²) in [7, 11) is 0. The summed E-state index contributed by atoms with van der Waals surface area (Å²) in [6.45, 7) is 0. The van der Waals surface area contributed by atoms with Crippen molar-refractivity contribution in [3.05, 3.63) is 12.2 Å². The van der Waals surface area contributed by atoms with Gasteiger partial charge in [-0.3, -0.25) is 0 Å². The normalized spacial score (nSPS) is 66.4. The summed E-state index contributed by atoms with van der Waals surface area (Å²) in [5, 5.41) is 10.0. The molecule has 13 heavy (non-hydrogen) atoms. The zero-order valence-corrected chi connectivity index (χ0v) is 7.82. The molecule has 0 aromatic rings. The Morgan fingerprint density at radius 3 is 3.00 bits per heavy atom. The van der Waals surface area contributed by atoms with Crippen LogP contribution in [0.15, 0.2) is 12.2 Å². The van der Waals surface area contributed by atoms with Crippen LogP contribution in [0.25, 0.3) is 0 Å². The highest BCUT2D eigenvalue weighted by Gasteiger charge is 2.72. The third-order valence-electron chi connectivity index (χ3n) is 5.25.